The number of rotatable bonds is 5. The number of hydrogen-bond acceptors (Lipinski definition) is 3. The molecular weight excluding hydrogens is 192 g/mol. The molecule has 0 aromatic rings. The van der Waals surface area contributed by atoms with E-state index in [1.165, 1.54) is 0 Å². The minimum absolute atomic E-state index is 0.212. The topological polar surface area (TPSA) is 63.6 Å². The molecule has 1 unspecified atom stereocenters. The lowest BCUT2D eigenvalue weighted by atomic mass is 9.80. The Hall–Kier alpha value is -0.130. The van der Waals surface area contributed by atoms with Crippen LogP contribution in [-0.2, 0) is 14.6 Å². The summed E-state index contributed by atoms with van der Waals surface area (Å²) in [5, 5.41) is 0. The average molecular weight is 210 g/mol. The van der Waals surface area contributed by atoms with Crippen LogP contribution >= 0.6 is 0 Å². The molecule has 0 aromatic heterocycles. The third kappa shape index (κ3) is 4.06. The van der Waals surface area contributed by atoms with Gasteiger partial charge in [-0.15, -0.1) is 0 Å². The Morgan fingerprint density at radius 1 is 1.38 bits per heavy atom. The fourth-order valence-electron chi connectivity index (χ4n) is 1.12. The Bertz CT molecular complexity index is 241. The minimum Gasteiger partial charge on any atom is -0.264 e. The first-order valence-electron chi connectivity index (χ1n) is 4.41. The van der Waals surface area contributed by atoms with Crippen molar-refractivity contribution in [2.75, 3.05) is 0 Å². The van der Waals surface area contributed by atoms with Gasteiger partial charge in [0.25, 0.3) is 0 Å². The minimum atomic E-state index is -4.33. The van der Waals surface area contributed by atoms with Gasteiger partial charge in [0.2, 0.25) is 0 Å². The van der Waals surface area contributed by atoms with E-state index in [0.717, 1.165) is 12.8 Å². The summed E-state index contributed by atoms with van der Waals surface area (Å²) in [6.07, 6.45) is 1.11. The monoisotopic (exact) mass is 210 g/mol. The molecule has 0 aliphatic heterocycles. The molecule has 0 radical (unpaired) electrons. The van der Waals surface area contributed by atoms with E-state index < -0.39 is 16.5 Å². The Morgan fingerprint density at radius 2 is 1.77 bits per heavy atom. The predicted octanol–water partition coefficient (Wildman–Crippen LogP) is 2.02. The van der Waals surface area contributed by atoms with Crippen LogP contribution in [0.3, 0.4) is 0 Å². The van der Waals surface area contributed by atoms with E-state index in [-0.39, 0.29) is 5.41 Å². The fraction of sp³-hybridized carbons (Fsp3) is 1.00. The lowest BCUT2D eigenvalue weighted by Crippen LogP contribution is -2.32. The maximum atomic E-state index is 10.5. The molecule has 80 valence electrons. The van der Waals surface area contributed by atoms with Crippen molar-refractivity contribution in [3.8, 4) is 0 Å². The lowest BCUT2D eigenvalue weighted by molar-refractivity contribution is 0.0621. The second kappa shape index (κ2) is 4.39. The molecule has 1 atom stereocenters. The molecule has 5 heteroatoms. The molecule has 0 aliphatic carbocycles. The van der Waals surface area contributed by atoms with E-state index in [1.807, 2.05) is 20.8 Å². The molecular formula is C8H18O4S. The summed E-state index contributed by atoms with van der Waals surface area (Å²) in [5.74, 6) is 0. The van der Waals surface area contributed by atoms with Gasteiger partial charge in [0.15, 0.2) is 0 Å². The molecule has 0 saturated heterocycles. The molecule has 13 heavy (non-hydrogen) atoms. The first kappa shape index (κ1) is 12.9. The van der Waals surface area contributed by atoms with Crippen molar-refractivity contribution in [1.82, 2.24) is 0 Å². The summed E-state index contributed by atoms with van der Waals surface area (Å²) in [4.78, 5) is 0. The third-order valence-corrected chi connectivity index (χ3v) is 3.39. The summed E-state index contributed by atoms with van der Waals surface area (Å²) in [6, 6.07) is 0. The standard InChI is InChI=1S/C8H18O4S/c1-5-8(4,6-2)7(3)12-13(9,10)11/h7H,5-6H2,1-4H3,(H,9,10,11). The lowest BCUT2D eigenvalue weighted by Gasteiger charge is -2.32. The van der Waals surface area contributed by atoms with Gasteiger partial charge in [-0.3, -0.25) is 4.55 Å². The van der Waals surface area contributed by atoms with Crippen LogP contribution < -0.4 is 0 Å². The molecule has 0 bridgehead atoms. The molecule has 0 heterocycles. The van der Waals surface area contributed by atoms with Crippen molar-refractivity contribution in [3.05, 3.63) is 0 Å². The average Bonchev–Trinajstić information content (AvgIpc) is 2.00. The van der Waals surface area contributed by atoms with Gasteiger partial charge in [-0.2, -0.15) is 8.42 Å². The SMILES string of the molecule is CCC(C)(CC)C(C)OS(=O)(=O)O. The largest absolute Gasteiger partial charge is 0.397 e. The van der Waals surface area contributed by atoms with Crippen LogP contribution in [0.1, 0.15) is 40.5 Å². The first-order chi connectivity index (χ1) is 5.75. The van der Waals surface area contributed by atoms with E-state index in [1.54, 1.807) is 6.92 Å². The molecule has 0 saturated carbocycles. The fourth-order valence-corrected chi connectivity index (χ4v) is 1.72. The number of hydrogen-bond donors (Lipinski definition) is 1. The first-order valence-corrected chi connectivity index (χ1v) is 5.77. The van der Waals surface area contributed by atoms with Crippen LogP contribution in [0.15, 0.2) is 0 Å². The van der Waals surface area contributed by atoms with Gasteiger partial charge in [0.05, 0.1) is 6.10 Å². The Labute approximate surface area is 80.2 Å². The van der Waals surface area contributed by atoms with Crippen LogP contribution in [0.2, 0.25) is 0 Å². The van der Waals surface area contributed by atoms with Crippen molar-refractivity contribution in [1.29, 1.82) is 0 Å². The summed E-state index contributed by atoms with van der Waals surface area (Å²) < 4.78 is 33.9. The highest BCUT2D eigenvalue weighted by Gasteiger charge is 2.31. The normalized spacial score (nSPS) is 15.8. The van der Waals surface area contributed by atoms with Gasteiger partial charge < -0.3 is 0 Å². The van der Waals surface area contributed by atoms with Crippen LogP contribution in [0.5, 0.6) is 0 Å². The van der Waals surface area contributed by atoms with Crippen LogP contribution in [-0.4, -0.2) is 19.1 Å². The molecule has 1 N–H and O–H groups in total. The second-order valence-corrected chi connectivity index (χ2v) is 4.58. The van der Waals surface area contributed by atoms with Gasteiger partial charge in [0, 0.05) is 0 Å². The van der Waals surface area contributed by atoms with Crippen molar-refractivity contribution in [2.45, 2.75) is 46.6 Å². The van der Waals surface area contributed by atoms with Gasteiger partial charge in [-0.25, -0.2) is 4.18 Å². The smallest absolute Gasteiger partial charge is 0.264 e. The highest BCUT2D eigenvalue weighted by Crippen LogP contribution is 2.32. The molecule has 0 aromatic carbocycles. The Balaban J connectivity index is 4.49. The summed E-state index contributed by atoms with van der Waals surface area (Å²) in [7, 11) is -4.33. The van der Waals surface area contributed by atoms with Gasteiger partial charge in [-0.1, -0.05) is 20.8 Å². The highest BCUT2D eigenvalue weighted by molar-refractivity contribution is 7.80. The predicted molar refractivity (Wildman–Crippen MR) is 50.8 cm³/mol. The van der Waals surface area contributed by atoms with Gasteiger partial charge in [-0.05, 0) is 25.2 Å². The van der Waals surface area contributed by atoms with E-state index in [4.69, 9.17) is 4.55 Å². The van der Waals surface area contributed by atoms with Crippen molar-refractivity contribution < 1.29 is 17.2 Å². The van der Waals surface area contributed by atoms with Crippen LogP contribution in [0.25, 0.3) is 0 Å². The molecule has 0 amide bonds. The van der Waals surface area contributed by atoms with Gasteiger partial charge in [0.1, 0.15) is 0 Å². The van der Waals surface area contributed by atoms with Gasteiger partial charge >= 0.3 is 10.4 Å². The molecule has 0 aliphatic rings. The molecule has 0 spiro atoms. The van der Waals surface area contributed by atoms with Crippen molar-refractivity contribution in [2.24, 2.45) is 5.41 Å². The summed E-state index contributed by atoms with van der Waals surface area (Å²) in [5.41, 5.74) is -0.212. The molecule has 0 rings (SSSR count). The maximum absolute atomic E-state index is 10.5. The molecule has 4 nitrogen and oxygen atoms in total. The van der Waals surface area contributed by atoms with Crippen LogP contribution in [0, 0.1) is 5.41 Å². The third-order valence-electron chi connectivity index (χ3n) is 2.86. The second-order valence-electron chi connectivity index (χ2n) is 3.53. The van der Waals surface area contributed by atoms with E-state index >= 15 is 0 Å². The van der Waals surface area contributed by atoms with E-state index in [0.29, 0.717) is 0 Å². The van der Waals surface area contributed by atoms with E-state index in [9.17, 15) is 8.42 Å². The summed E-state index contributed by atoms with van der Waals surface area (Å²) >= 11 is 0. The quantitative estimate of drug-likeness (QED) is 0.705. The molecule has 0 fully saturated rings. The van der Waals surface area contributed by atoms with Crippen molar-refractivity contribution >= 4 is 10.4 Å². The summed E-state index contributed by atoms with van der Waals surface area (Å²) in [6.45, 7) is 7.52. The highest BCUT2D eigenvalue weighted by atomic mass is 32.3. The zero-order valence-electron chi connectivity index (χ0n) is 8.57. The zero-order valence-corrected chi connectivity index (χ0v) is 9.39. The van der Waals surface area contributed by atoms with Crippen molar-refractivity contribution in [3.63, 3.8) is 0 Å². The zero-order chi connectivity index (χ0) is 10.7. The Morgan fingerprint density at radius 3 is 2.00 bits per heavy atom. The maximum Gasteiger partial charge on any atom is 0.397 e. The Kier molecular flexibility index (Phi) is 4.35. The van der Waals surface area contributed by atoms with Crippen LogP contribution in [0.4, 0.5) is 0 Å². The van der Waals surface area contributed by atoms with E-state index in [2.05, 4.69) is 4.18 Å².